The van der Waals surface area contributed by atoms with Gasteiger partial charge in [0.25, 0.3) is 0 Å². The van der Waals surface area contributed by atoms with Gasteiger partial charge < -0.3 is 5.11 Å². The molecule has 0 saturated heterocycles. The molecule has 0 fully saturated rings. The van der Waals surface area contributed by atoms with Gasteiger partial charge in [0, 0.05) is 0 Å². The third kappa shape index (κ3) is 13.9. The van der Waals surface area contributed by atoms with E-state index in [2.05, 4.69) is 13.8 Å². The monoisotopic (exact) mass is 242 g/mol. The molecule has 0 heterocycles. The SMILES string of the molecule is CCCCCCCCCCCC(C)CC(C)O. The van der Waals surface area contributed by atoms with Gasteiger partial charge in [-0.3, -0.25) is 0 Å². The molecule has 0 saturated carbocycles. The minimum Gasteiger partial charge on any atom is -0.393 e. The first-order chi connectivity index (χ1) is 8.16. The van der Waals surface area contributed by atoms with E-state index in [0.29, 0.717) is 5.92 Å². The number of aliphatic hydroxyl groups excluding tert-OH is 1. The molecule has 0 aliphatic heterocycles. The Labute approximate surface area is 109 Å². The molecule has 0 bridgehead atoms. The van der Waals surface area contributed by atoms with Crippen molar-refractivity contribution in [3.63, 3.8) is 0 Å². The zero-order valence-corrected chi connectivity index (χ0v) is 12.4. The van der Waals surface area contributed by atoms with Gasteiger partial charge in [0.05, 0.1) is 6.10 Å². The van der Waals surface area contributed by atoms with Crippen molar-refractivity contribution < 1.29 is 5.11 Å². The van der Waals surface area contributed by atoms with Gasteiger partial charge in [0.1, 0.15) is 0 Å². The third-order valence-electron chi connectivity index (χ3n) is 3.54. The molecule has 0 aliphatic carbocycles. The summed E-state index contributed by atoms with van der Waals surface area (Å²) in [5.74, 6) is 0.694. The molecule has 0 aromatic carbocycles. The normalized spacial score (nSPS) is 14.8. The first-order valence-corrected chi connectivity index (χ1v) is 7.84. The molecule has 0 radical (unpaired) electrons. The van der Waals surface area contributed by atoms with Gasteiger partial charge >= 0.3 is 0 Å². The molecule has 0 amide bonds. The Morgan fingerprint density at radius 1 is 0.765 bits per heavy atom. The van der Waals surface area contributed by atoms with Gasteiger partial charge in [-0.1, -0.05) is 78.1 Å². The molecular weight excluding hydrogens is 208 g/mol. The molecule has 0 spiro atoms. The summed E-state index contributed by atoms with van der Waals surface area (Å²) in [5, 5.41) is 9.27. The zero-order valence-electron chi connectivity index (χ0n) is 12.4. The summed E-state index contributed by atoms with van der Waals surface area (Å²) in [7, 11) is 0. The fraction of sp³-hybridized carbons (Fsp3) is 1.00. The van der Waals surface area contributed by atoms with Crippen LogP contribution in [-0.2, 0) is 0 Å². The minimum absolute atomic E-state index is 0.122. The lowest BCUT2D eigenvalue weighted by molar-refractivity contribution is 0.161. The van der Waals surface area contributed by atoms with Gasteiger partial charge in [-0.05, 0) is 19.3 Å². The van der Waals surface area contributed by atoms with Crippen molar-refractivity contribution in [1.82, 2.24) is 0 Å². The quantitative estimate of drug-likeness (QED) is 0.460. The van der Waals surface area contributed by atoms with E-state index in [0.717, 1.165) is 6.42 Å². The molecule has 0 aliphatic rings. The molecule has 0 aromatic rings. The van der Waals surface area contributed by atoms with Crippen molar-refractivity contribution >= 4 is 0 Å². The van der Waals surface area contributed by atoms with E-state index in [1.165, 1.54) is 64.2 Å². The Balaban J connectivity index is 3.07. The molecule has 1 N–H and O–H groups in total. The average Bonchev–Trinajstić information content (AvgIpc) is 2.26. The summed E-state index contributed by atoms with van der Waals surface area (Å²) >= 11 is 0. The maximum atomic E-state index is 9.27. The summed E-state index contributed by atoms with van der Waals surface area (Å²) in [6, 6.07) is 0. The Bertz CT molecular complexity index is 142. The standard InChI is InChI=1S/C16H34O/c1-4-5-6-7-8-9-10-11-12-13-15(2)14-16(3)17/h15-17H,4-14H2,1-3H3. The van der Waals surface area contributed by atoms with Crippen LogP contribution in [0, 0.1) is 5.92 Å². The largest absolute Gasteiger partial charge is 0.393 e. The van der Waals surface area contributed by atoms with E-state index in [1.807, 2.05) is 6.92 Å². The van der Waals surface area contributed by atoms with Crippen LogP contribution in [0.3, 0.4) is 0 Å². The van der Waals surface area contributed by atoms with Crippen LogP contribution in [-0.4, -0.2) is 11.2 Å². The van der Waals surface area contributed by atoms with Crippen LogP contribution in [0.1, 0.15) is 91.4 Å². The van der Waals surface area contributed by atoms with E-state index in [9.17, 15) is 5.11 Å². The van der Waals surface area contributed by atoms with E-state index >= 15 is 0 Å². The fourth-order valence-electron chi connectivity index (χ4n) is 2.50. The van der Waals surface area contributed by atoms with Crippen molar-refractivity contribution in [3.8, 4) is 0 Å². The lowest BCUT2D eigenvalue weighted by atomic mass is 9.97. The Kier molecular flexibility index (Phi) is 12.4. The van der Waals surface area contributed by atoms with Crippen LogP contribution in [0.2, 0.25) is 0 Å². The predicted molar refractivity (Wildman–Crippen MR) is 77.3 cm³/mol. The number of rotatable bonds is 12. The van der Waals surface area contributed by atoms with Crippen molar-refractivity contribution in [1.29, 1.82) is 0 Å². The topological polar surface area (TPSA) is 20.2 Å². The first-order valence-electron chi connectivity index (χ1n) is 7.84. The highest BCUT2D eigenvalue weighted by molar-refractivity contribution is 4.58. The van der Waals surface area contributed by atoms with Crippen LogP contribution in [0.5, 0.6) is 0 Å². The second-order valence-electron chi connectivity index (χ2n) is 5.81. The molecular formula is C16H34O. The summed E-state index contributed by atoms with van der Waals surface area (Å²) in [6.07, 6.45) is 14.8. The number of unbranched alkanes of at least 4 members (excludes halogenated alkanes) is 8. The second kappa shape index (κ2) is 12.4. The Morgan fingerprint density at radius 2 is 1.24 bits per heavy atom. The van der Waals surface area contributed by atoms with E-state index in [4.69, 9.17) is 0 Å². The maximum absolute atomic E-state index is 9.27. The molecule has 2 atom stereocenters. The lowest BCUT2D eigenvalue weighted by Crippen LogP contribution is -2.06. The van der Waals surface area contributed by atoms with Gasteiger partial charge in [-0.15, -0.1) is 0 Å². The molecule has 0 aromatic heterocycles. The summed E-state index contributed by atoms with van der Waals surface area (Å²) < 4.78 is 0. The van der Waals surface area contributed by atoms with Crippen molar-refractivity contribution in [2.75, 3.05) is 0 Å². The van der Waals surface area contributed by atoms with Crippen molar-refractivity contribution in [2.24, 2.45) is 5.92 Å². The molecule has 2 unspecified atom stereocenters. The second-order valence-corrected chi connectivity index (χ2v) is 5.81. The van der Waals surface area contributed by atoms with Gasteiger partial charge in [0.15, 0.2) is 0 Å². The van der Waals surface area contributed by atoms with Crippen LogP contribution in [0.25, 0.3) is 0 Å². The van der Waals surface area contributed by atoms with E-state index in [-0.39, 0.29) is 6.10 Å². The van der Waals surface area contributed by atoms with Crippen molar-refractivity contribution in [2.45, 2.75) is 97.5 Å². The minimum atomic E-state index is -0.122. The van der Waals surface area contributed by atoms with Crippen LogP contribution in [0.4, 0.5) is 0 Å². The highest BCUT2D eigenvalue weighted by Gasteiger charge is 2.05. The maximum Gasteiger partial charge on any atom is 0.0514 e. The van der Waals surface area contributed by atoms with E-state index in [1.54, 1.807) is 0 Å². The smallest absolute Gasteiger partial charge is 0.0514 e. The molecule has 0 rings (SSSR count). The number of aliphatic hydroxyl groups is 1. The number of hydrogen-bond acceptors (Lipinski definition) is 1. The van der Waals surface area contributed by atoms with Crippen molar-refractivity contribution in [3.05, 3.63) is 0 Å². The predicted octanol–water partition coefficient (Wildman–Crippen LogP) is 5.31. The highest BCUT2D eigenvalue weighted by atomic mass is 16.3. The van der Waals surface area contributed by atoms with Gasteiger partial charge in [-0.2, -0.15) is 0 Å². The third-order valence-corrected chi connectivity index (χ3v) is 3.54. The van der Waals surface area contributed by atoms with Gasteiger partial charge in [-0.25, -0.2) is 0 Å². The van der Waals surface area contributed by atoms with Gasteiger partial charge in [0.2, 0.25) is 0 Å². The lowest BCUT2D eigenvalue weighted by Gasteiger charge is -2.12. The first kappa shape index (κ1) is 17.0. The number of hydrogen-bond donors (Lipinski definition) is 1. The molecule has 17 heavy (non-hydrogen) atoms. The van der Waals surface area contributed by atoms with Crippen LogP contribution < -0.4 is 0 Å². The fourth-order valence-corrected chi connectivity index (χ4v) is 2.50. The highest BCUT2D eigenvalue weighted by Crippen LogP contribution is 2.16. The summed E-state index contributed by atoms with van der Waals surface area (Å²) in [4.78, 5) is 0. The Hall–Kier alpha value is -0.0400. The summed E-state index contributed by atoms with van der Waals surface area (Å²) in [6.45, 7) is 6.43. The van der Waals surface area contributed by atoms with E-state index < -0.39 is 0 Å². The average molecular weight is 242 g/mol. The molecule has 1 nitrogen and oxygen atoms in total. The Morgan fingerprint density at radius 3 is 1.71 bits per heavy atom. The summed E-state index contributed by atoms with van der Waals surface area (Å²) in [5.41, 5.74) is 0. The molecule has 104 valence electrons. The molecule has 1 heteroatoms. The van der Waals surface area contributed by atoms with Crippen LogP contribution >= 0.6 is 0 Å². The van der Waals surface area contributed by atoms with Crippen LogP contribution in [0.15, 0.2) is 0 Å². The zero-order chi connectivity index (χ0) is 12.9.